The van der Waals surface area contributed by atoms with E-state index in [9.17, 15) is 4.79 Å². The molecule has 0 bridgehead atoms. The molecule has 0 spiro atoms. The number of hydrogen-bond donors (Lipinski definition) is 0. The first-order valence-electron chi connectivity index (χ1n) is 4.19. The van der Waals surface area contributed by atoms with Gasteiger partial charge >= 0.3 is 0 Å². The first-order chi connectivity index (χ1) is 5.75. The van der Waals surface area contributed by atoms with Crippen molar-refractivity contribution >= 4 is 5.78 Å². The molecule has 0 N–H and O–H groups in total. The third-order valence-electron chi connectivity index (χ3n) is 2.40. The zero-order valence-electron chi connectivity index (χ0n) is 7.30. The molecule has 1 unspecified atom stereocenters. The van der Waals surface area contributed by atoms with Crippen molar-refractivity contribution in [3.05, 3.63) is 0 Å². The van der Waals surface area contributed by atoms with Crippen molar-refractivity contribution in [2.45, 2.75) is 25.7 Å². The number of ether oxygens (including phenoxy) is 1. The van der Waals surface area contributed by atoms with E-state index in [1.807, 2.05) is 0 Å². The van der Waals surface area contributed by atoms with E-state index >= 15 is 0 Å². The lowest BCUT2D eigenvalue weighted by Gasteiger charge is -2.27. The fourth-order valence-electron chi connectivity index (χ4n) is 1.64. The van der Waals surface area contributed by atoms with Crippen LogP contribution in [0.1, 0.15) is 25.7 Å². The van der Waals surface area contributed by atoms with Crippen molar-refractivity contribution in [2.24, 2.45) is 5.41 Å². The molecule has 0 amide bonds. The molecule has 3 heteroatoms. The molecule has 66 valence electrons. The van der Waals surface area contributed by atoms with E-state index in [-0.39, 0.29) is 12.4 Å². The average Bonchev–Trinajstić information content (AvgIpc) is 2.10. The van der Waals surface area contributed by atoms with Crippen molar-refractivity contribution in [3.63, 3.8) is 0 Å². The highest BCUT2D eigenvalue weighted by atomic mass is 16.5. The second kappa shape index (κ2) is 3.68. The Kier molecular flexibility index (Phi) is 2.83. The van der Waals surface area contributed by atoms with Crippen LogP contribution in [0.4, 0.5) is 0 Å². The number of methoxy groups -OCH3 is 1. The molecule has 1 fully saturated rings. The molecular weight excluding hydrogens is 154 g/mol. The van der Waals surface area contributed by atoms with Crippen molar-refractivity contribution in [3.8, 4) is 6.07 Å². The van der Waals surface area contributed by atoms with Gasteiger partial charge in [-0.2, -0.15) is 5.26 Å². The summed E-state index contributed by atoms with van der Waals surface area (Å²) < 4.78 is 4.90. The van der Waals surface area contributed by atoms with Gasteiger partial charge in [0.2, 0.25) is 0 Å². The summed E-state index contributed by atoms with van der Waals surface area (Å²) in [5, 5.41) is 8.89. The molecule has 0 aromatic heterocycles. The molecule has 0 heterocycles. The summed E-state index contributed by atoms with van der Waals surface area (Å²) in [7, 11) is 1.53. The van der Waals surface area contributed by atoms with Gasteiger partial charge < -0.3 is 4.74 Å². The Labute approximate surface area is 72.3 Å². The van der Waals surface area contributed by atoms with Crippen LogP contribution in [0.25, 0.3) is 0 Å². The summed E-state index contributed by atoms with van der Waals surface area (Å²) in [6, 6.07) is 2.09. The molecule has 12 heavy (non-hydrogen) atoms. The molecule has 1 rings (SSSR count). The smallest absolute Gasteiger partial charge is 0.155 e. The molecule has 0 radical (unpaired) electrons. The average molecular weight is 167 g/mol. The maximum atomic E-state index is 11.4. The molecule has 3 nitrogen and oxygen atoms in total. The molecule has 0 saturated heterocycles. The van der Waals surface area contributed by atoms with Crippen LogP contribution in [0.2, 0.25) is 0 Å². The standard InChI is InChI=1S/C9H13NO2/c1-12-7-9(6-10)5-3-2-4-8(9)11/h2-5,7H2,1H3. The third kappa shape index (κ3) is 1.49. The number of hydrogen-bond acceptors (Lipinski definition) is 3. The first-order valence-corrected chi connectivity index (χ1v) is 4.19. The van der Waals surface area contributed by atoms with Crippen molar-refractivity contribution in [1.29, 1.82) is 5.26 Å². The van der Waals surface area contributed by atoms with E-state index in [1.165, 1.54) is 7.11 Å². The van der Waals surface area contributed by atoms with Crippen molar-refractivity contribution in [2.75, 3.05) is 13.7 Å². The van der Waals surface area contributed by atoms with Gasteiger partial charge in [0.15, 0.2) is 5.78 Å². The summed E-state index contributed by atoms with van der Waals surface area (Å²) in [5.41, 5.74) is -0.826. The Balaban J connectivity index is 2.75. The predicted molar refractivity (Wildman–Crippen MR) is 43.4 cm³/mol. The van der Waals surface area contributed by atoms with Crippen LogP contribution in [0.15, 0.2) is 0 Å². The Morgan fingerprint density at radius 1 is 1.67 bits per heavy atom. The quantitative estimate of drug-likeness (QED) is 0.622. The van der Waals surface area contributed by atoms with Gasteiger partial charge in [-0.3, -0.25) is 4.79 Å². The minimum Gasteiger partial charge on any atom is -0.383 e. The summed E-state index contributed by atoms with van der Waals surface area (Å²) in [4.78, 5) is 11.4. The van der Waals surface area contributed by atoms with E-state index in [0.29, 0.717) is 12.8 Å². The molecular formula is C9H13NO2. The van der Waals surface area contributed by atoms with Gasteiger partial charge in [-0.25, -0.2) is 0 Å². The highest BCUT2D eigenvalue weighted by Crippen LogP contribution is 2.32. The molecule has 1 saturated carbocycles. The van der Waals surface area contributed by atoms with Gasteiger partial charge in [-0.1, -0.05) is 6.42 Å². The summed E-state index contributed by atoms with van der Waals surface area (Å²) >= 11 is 0. The van der Waals surface area contributed by atoms with Crippen LogP contribution in [-0.2, 0) is 9.53 Å². The molecule has 1 aliphatic carbocycles. The van der Waals surface area contributed by atoms with E-state index in [0.717, 1.165) is 12.8 Å². The lowest BCUT2D eigenvalue weighted by atomic mass is 9.75. The number of ketones is 1. The zero-order chi connectivity index (χ0) is 9.03. The monoisotopic (exact) mass is 167 g/mol. The lowest BCUT2D eigenvalue weighted by Crippen LogP contribution is -2.36. The van der Waals surface area contributed by atoms with Crippen molar-refractivity contribution < 1.29 is 9.53 Å². The minimum atomic E-state index is -0.826. The second-order valence-electron chi connectivity index (χ2n) is 3.26. The Hall–Kier alpha value is -0.880. The van der Waals surface area contributed by atoms with E-state index in [2.05, 4.69) is 6.07 Å². The Morgan fingerprint density at radius 3 is 2.92 bits per heavy atom. The molecule has 0 aromatic carbocycles. The predicted octanol–water partition coefficient (Wildman–Crippen LogP) is 1.29. The van der Waals surface area contributed by atoms with Gasteiger partial charge in [-0.05, 0) is 12.8 Å². The summed E-state index contributed by atoms with van der Waals surface area (Å²) in [5.74, 6) is 0.0538. The minimum absolute atomic E-state index is 0.0538. The number of Topliss-reactive ketones (excluding diaryl/α,β-unsaturated/α-hetero) is 1. The highest BCUT2D eigenvalue weighted by molar-refractivity contribution is 5.88. The SMILES string of the molecule is COCC1(C#N)CCCCC1=O. The molecule has 1 aliphatic rings. The van der Waals surface area contributed by atoms with Crippen LogP contribution in [0.5, 0.6) is 0 Å². The lowest BCUT2D eigenvalue weighted by molar-refractivity contribution is -0.130. The number of carbonyl (C=O) groups excluding carboxylic acids is 1. The summed E-state index contributed by atoms with van der Waals surface area (Å²) in [6.07, 6.45) is 3.09. The fraction of sp³-hybridized carbons (Fsp3) is 0.778. The van der Waals surface area contributed by atoms with Gasteiger partial charge in [0.1, 0.15) is 5.41 Å². The summed E-state index contributed by atoms with van der Waals surface area (Å²) in [6.45, 7) is 0.252. The Morgan fingerprint density at radius 2 is 2.42 bits per heavy atom. The normalized spacial score (nSPS) is 29.8. The third-order valence-corrected chi connectivity index (χ3v) is 2.40. The van der Waals surface area contributed by atoms with Gasteiger partial charge in [-0.15, -0.1) is 0 Å². The van der Waals surface area contributed by atoms with Gasteiger partial charge in [0.05, 0.1) is 12.7 Å². The van der Waals surface area contributed by atoms with Crippen molar-refractivity contribution in [1.82, 2.24) is 0 Å². The van der Waals surface area contributed by atoms with Crippen LogP contribution < -0.4 is 0 Å². The number of nitrogens with zero attached hydrogens (tertiary/aromatic N) is 1. The number of rotatable bonds is 2. The molecule has 1 atom stereocenters. The van der Waals surface area contributed by atoms with Crippen LogP contribution >= 0.6 is 0 Å². The zero-order valence-corrected chi connectivity index (χ0v) is 7.30. The first kappa shape index (κ1) is 9.21. The van der Waals surface area contributed by atoms with Gasteiger partial charge in [0.25, 0.3) is 0 Å². The molecule has 0 aliphatic heterocycles. The fourth-order valence-corrected chi connectivity index (χ4v) is 1.64. The van der Waals surface area contributed by atoms with E-state index in [1.54, 1.807) is 0 Å². The van der Waals surface area contributed by atoms with Crippen LogP contribution in [0, 0.1) is 16.7 Å². The number of carbonyl (C=O) groups is 1. The van der Waals surface area contributed by atoms with E-state index < -0.39 is 5.41 Å². The van der Waals surface area contributed by atoms with Gasteiger partial charge in [0, 0.05) is 13.5 Å². The van der Waals surface area contributed by atoms with E-state index in [4.69, 9.17) is 10.00 Å². The second-order valence-corrected chi connectivity index (χ2v) is 3.26. The molecule has 0 aromatic rings. The maximum Gasteiger partial charge on any atom is 0.155 e. The van der Waals surface area contributed by atoms with Crippen LogP contribution in [0.3, 0.4) is 0 Å². The number of nitriles is 1. The maximum absolute atomic E-state index is 11.4. The highest BCUT2D eigenvalue weighted by Gasteiger charge is 2.39. The largest absolute Gasteiger partial charge is 0.383 e. The topological polar surface area (TPSA) is 50.1 Å². The van der Waals surface area contributed by atoms with Crippen LogP contribution in [-0.4, -0.2) is 19.5 Å². The Bertz CT molecular complexity index is 215.